The van der Waals surface area contributed by atoms with E-state index in [0.29, 0.717) is 16.8 Å². The van der Waals surface area contributed by atoms with Gasteiger partial charge in [-0.15, -0.1) is 11.8 Å². The van der Waals surface area contributed by atoms with Crippen molar-refractivity contribution in [1.29, 1.82) is 0 Å². The molecule has 0 bridgehead atoms. The van der Waals surface area contributed by atoms with Crippen molar-refractivity contribution in [2.45, 2.75) is 42.9 Å². The molecule has 142 valence electrons. The van der Waals surface area contributed by atoms with Gasteiger partial charge in [-0.25, -0.2) is 0 Å². The van der Waals surface area contributed by atoms with E-state index in [-0.39, 0.29) is 24.3 Å². The van der Waals surface area contributed by atoms with Crippen molar-refractivity contribution in [2.75, 3.05) is 11.4 Å². The van der Waals surface area contributed by atoms with E-state index in [1.165, 1.54) is 6.92 Å². The van der Waals surface area contributed by atoms with Crippen LogP contribution in [0.2, 0.25) is 5.02 Å². The largest absolute Gasteiger partial charge is 0.349 e. The molecule has 0 saturated heterocycles. The first-order chi connectivity index (χ1) is 12.9. The van der Waals surface area contributed by atoms with E-state index in [2.05, 4.69) is 18.3 Å². The lowest BCUT2D eigenvalue weighted by Crippen LogP contribution is -2.36. The molecule has 0 radical (unpaired) electrons. The van der Waals surface area contributed by atoms with E-state index in [9.17, 15) is 9.59 Å². The van der Waals surface area contributed by atoms with Crippen LogP contribution in [0.4, 0.5) is 5.69 Å². The molecule has 2 aromatic carbocycles. The molecule has 27 heavy (non-hydrogen) atoms. The normalized spacial score (nSPS) is 17.6. The summed E-state index contributed by atoms with van der Waals surface area (Å²) in [5.41, 5.74) is 1.82. The van der Waals surface area contributed by atoms with Crippen molar-refractivity contribution in [3.05, 3.63) is 59.1 Å². The van der Waals surface area contributed by atoms with Crippen LogP contribution in [-0.4, -0.2) is 23.6 Å². The summed E-state index contributed by atoms with van der Waals surface area (Å²) in [4.78, 5) is 27.9. The number of nitrogens with one attached hydrogen (secondary N) is 1. The van der Waals surface area contributed by atoms with Gasteiger partial charge in [0.25, 0.3) is 0 Å². The highest BCUT2D eigenvalue weighted by molar-refractivity contribution is 8.00. The van der Waals surface area contributed by atoms with Gasteiger partial charge in [-0.2, -0.15) is 0 Å². The molecule has 4 nitrogen and oxygen atoms in total. The lowest BCUT2D eigenvalue weighted by molar-refractivity contribution is -0.121. The zero-order chi connectivity index (χ0) is 19.4. The lowest BCUT2D eigenvalue weighted by atomic mass is 10.0. The van der Waals surface area contributed by atoms with Crippen molar-refractivity contribution in [3.63, 3.8) is 0 Å². The maximum atomic E-state index is 13.2. The molecular weight excluding hydrogens is 380 g/mol. The summed E-state index contributed by atoms with van der Waals surface area (Å²) in [5.74, 6) is -0.158. The average molecular weight is 403 g/mol. The van der Waals surface area contributed by atoms with E-state index < -0.39 is 0 Å². The van der Waals surface area contributed by atoms with Crippen molar-refractivity contribution in [3.8, 4) is 0 Å². The highest BCUT2D eigenvalue weighted by Gasteiger charge is 2.26. The zero-order valence-electron chi connectivity index (χ0n) is 15.4. The van der Waals surface area contributed by atoms with Gasteiger partial charge < -0.3 is 10.2 Å². The second kappa shape index (κ2) is 8.81. The fraction of sp³-hybridized carbons (Fsp3) is 0.333. The number of hydrogen-bond donors (Lipinski definition) is 1. The van der Waals surface area contributed by atoms with Crippen LogP contribution in [0.3, 0.4) is 0 Å². The Morgan fingerprint density at radius 2 is 1.93 bits per heavy atom. The van der Waals surface area contributed by atoms with E-state index in [1.54, 1.807) is 23.9 Å². The predicted octanol–water partition coefficient (Wildman–Crippen LogP) is 4.82. The Balaban J connectivity index is 1.85. The van der Waals surface area contributed by atoms with Gasteiger partial charge in [0.1, 0.15) is 0 Å². The number of rotatable bonds is 4. The van der Waals surface area contributed by atoms with Crippen molar-refractivity contribution in [2.24, 2.45) is 0 Å². The molecule has 1 aliphatic rings. The number of carbonyl (C=O) groups is 2. The Morgan fingerprint density at radius 3 is 2.63 bits per heavy atom. The number of halogens is 1. The Morgan fingerprint density at radius 1 is 1.22 bits per heavy atom. The Kier molecular flexibility index (Phi) is 6.45. The van der Waals surface area contributed by atoms with Gasteiger partial charge in [-0.3, -0.25) is 9.59 Å². The van der Waals surface area contributed by atoms with Gasteiger partial charge in [-0.05, 0) is 36.2 Å². The first kappa shape index (κ1) is 19.8. The van der Waals surface area contributed by atoms with E-state index in [0.717, 1.165) is 22.6 Å². The summed E-state index contributed by atoms with van der Waals surface area (Å²) in [7, 11) is 0. The third-order valence-electron chi connectivity index (χ3n) is 4.57. The fourth-order valence-electron chi connectivity index (χ4n) is 3.22. The number of carbonyl (C=O) groups excluding carboxylic acids is 2. The first-order valence-corrected chi connectivity index (χ1v) is 10.3. The number of fused-ring (bicyclic) bond motifs is 1. The van der Waals surface area contributed by atoms with Gasteiger partial charge >= 0.3 is 0 Å². The number of benzene rings is 2. The molecule has 0 aliphatic carbocycles. The summed E-state index contributed by atoms with van der Waals surface area (Å²) >= 11 is 7.78. The lowest BCUT2D eigenvalue weighted by Gasteiger charge is -2.26. The molecule has 1 N–H and O–H groups in total. The van der Waals surface area contributed by atoms with Gasteiger partial charge in [0.2, 0.25) is 11.8 Å². The van der Waals surface area contributed by atoms with Gasteiger partial charge in [0, 0.05) is 28.6 Å². The van der Waals surface area contributed by atoms with Gasteiger partial charge in [0.15, 0.2) is 0 Å². The predicted molar refractivity (Wildman–Crippen MR) is 111 cm³/mol. The number of nitrogens with zero attached hydrogens (tertiary/aromatic N) is 1. The molecular formula is C21H23ClN2O2S. The molecule has 2 aromatic rings. The van der Waals surface area contributed by atoms with Crippen LogP contribution in [0.1, 0.15) is 38.3 Å². The van der Waals surface area contributed by atoms with E-state index in [4.69, 9.17) is 11.6 Å². The number of amides is 2. The van der Waals surface area contributed by atoms with Crippen molar-refractivity contribution >= 4 is 40.9 Å². The third kappa shape index (κ3) is 5.05. The van der Waals surface area contributed by atoms with Crippen LogP contribution in [0.25, 0.3) is 0 Å². The SMILES string of the molecule is CC(=O)N[C@@H](CC(=O)N1CC[C@@H](C)Sc2ccccc21)c1ccc(Cl)cc1. The number of para-hydroxylation sites is 1. The highest BCUT2D eigenvalue weighted by atomic mass is 35.5. The van der Waals surface area contributed by atoms with Crippen molar-refractivity contribution in [1.82, 2.24) is 5.32 Å². The molecule has 1 aliphatic heterocycles. The maximum absolute atomic E-state index is 13.2. The molecule has 0 spiro atoms. The monoisotopic (exact) mass is 402 g/mol. The van der Waals surface area contributed by atoms with Crippen LogP contribution in [0, 0.1) is 0 Å². The summed E-state index contributed by atoms with van der Waals surface area (Å²) in [6.45, 7) is 4.33. The number of thioether (sulfide) groups is 1. The summed E-state index contributed by atoms with van der Waals surface area (Å²) in [5, 5.41) is 3.97. The first-order valence-electron chi connectivity index (χ1n) is 9.02. The molecule has 0 fully saturated rings. The fourth-order valence-corrected chi connectivity index (χ4v) is 4.46. The molecule has 0 aromatic heterocycles. The molecule has 0 unspecified atom stereocenters. The quantitative estimate of drug-likeness (QED) is 0.797. The van der Waals surface area contributed by atoms with Crippen LogP contribution in [0.5, 0.6) is 0 Å². The van der Waals surface area contributed by atoms with Crippen molar-refractivity contribution < 1.29 is 9.59 Å². The van der Waals surface area contributed by atoms with Crippen LogP contribution in [0.15, 0.2) is 53.4 Å². The topological polar surface area (TPSA) is 49.4 Å². The standard InChI is InChI=1S/C21H23ClN2O2S/c1-14-11-12-24(19-5-3-4-6-20(19)27-14)21(26)13-18(23-15(2)25)16-7-9-17(22)10-8-16/h3-10,14,18H,11-13H2,1-2H3,(H,23,25)/t14-,18+/m1/s1. The molecule has 2 atom stereocenters. The minimum Gasteiger partial charge on any atom is -0.349 e. The van der Waals surface area contributed by atoms with E-state index >= 15 is 0 Å². The molecule has 3 rings (SSSR count). The van der Waals surface area contributed by atoms with Crippen LogP contribution >= 0.6 is 23.4 Å². The Hall–Kier alpha value is -1.98. The molecule has 6 heteroatoms. The molecule has 2 amide bonds. The summed E-state index contributed by atoms with van der Waals surface area (Å²) in [6.07, 6.45) is 1.13. The molecule has 0 saturated carbocycles. The van der Waals surface area contributed by atoms with Gasteiger partial charge in [-0.1, -0.05) is 42.8 Å². The number of hydrogen-bond acceptors (Lipinski definition) is 3. The smallest absolute Gasteiger partial charge is 0.229 e. The van der Waals surface area contributed by atoms with Crippen LogP contribution < -0.4 is 10.2 Å². The minimum absolute atomic E-state index is 0.00542. The summed E-state index contributed by atoms with van der Waals surface area (Å²) < 4.78 is 0. The maximum Gasteiger partial charge on any atom is 0.229 e. The zero-order valence-corrected chi connectivity index (χ0v) is 17.0. The second-order valence-electron chi connectivity index (χ2n) is 6.74. The number of anilines is 1. The van der Waals surface area contributed by atoms with E-state index in [1.807, 2.05) is 35.2 Å². The molecule has 1 heterocycles. The highest BCUT2D eigenvalue weighted by Crippen LogP contribution is 2.38. The average Bonchev–Trinajstić information content (AvgIpc) is 2.79. The minimum atomic E-state index is -0.382. The summed E-state index contributed by atoms with van der Waals surface area (Å²) in [6, 6.07) is 14.9. The van der Waals surface area contributed by atoms with Crippen LogP contribution in [-0.2, 0) is 9.59 Å². The Labute approximate surface area is 169 Å². The third-order valence-corrected chi connectivity index (χ3v) is 6.06. The van der Waals surface area contributed by atoms with Gasteiger partial charge in [0.05, 0.1) is 18.2 Å². The second-order valence-corrected chi connectivity index (χ2v) is 8.66. The Bertz CT molecular complexity index is 825.